The van der Waals surface area contributed by atoms with Crippen LogP contribution >= 0.6 is 0 Å². The summed E-state index contributed by atoms with van der Waals surface area (Å²) in [6, 6.07) is 2.40. The van der Waals surface area contributed by atoms with Gasteiger partial charge in [-0.05, 0) is 36.3 Å². The van der Waals surface area contributed by atoms with Gasteiger partial charge in [0.25, 0.3) is 0 Å². The van der Waals surface area contributed by atoms with E-state index in [1.807, 2.05) is 0 Å². The van der Waals surface area contributed by atoms with E-state index in [-0.39, 0.29) is 0 Å². The molecule has 0 N–H and O–H groups in total. The second-order valence-electron chi connectivity index (χ2n) is 6.40. The Hall–Kier alpha value is -0.990. The predicted molar refractivity (Wildman–Crippen MR) is 79.6 cm³/mol. The third-order valence-corrected chi connectivity index (χ3v) is 4.87. The van der Waals surface area contributed by atoms with Gasteiger partial charge in [0.15, 0.2) is 17.5 Å². The van der Waals surface area contributed by atoms with Gasteiger partial charge in [0, 0.05) is 0 Å². The number of rotatable bonds is 6. The Labute approximate surface area is 125 Å². The SMILES string of the molecule is CCCC[C@H]1CC[C@H](CCc2ccc(F)c(F)c2F)CC1. The number of halogens is 3. The van der Waals surface area contributed by atoms with E-state index in [4.69, 9.17) is 0 Å². The van der Waals surface area contributed by atoms with Crippen molar-refractivity contribution in [2.75, 3.05) is 0 Å². The van der Waals surface area contributed by atoms with Gasteiger partial charge in [-0.15, -0.1) is 0 Å². The Morgan fingerprint density at radius 3 is 2.14 bits per heavy atom. The quantitative estimate of drug-likeness (QED) is 0.562. The average molecular weight is 298 g/mol. The van der Waals surface area contributed by atoms with E-state index in [1.165, 1.54) is 51.0 Å². The van der Waals surface area contributed by atoms with Crippen LogP contribution in [0.2, 0.25) is 0 Å². The van der Waals surface area contributed by atoms with Gasteiger partial charge in [0.1, 0.15) is 0 Å². The first-order valence-corrected chi connectivity index (χ1v) is 8.24. The van der Waals surface area contributed by atoms with Gasteiger partial charge in [-0.3, -0.25) is 0 Å². The summed E-state index contributed by atoms with van der Waals surface area (Å²) >= 11 is 0. The second-order valence-corrected chi connectivity index (χ2v) is 6.40. The number of hydrogen-bond donors (Lipinski definition) is 0. The van der Waals surface area contributed by atoms with E-state index >= 15 is 0 Å². The molecule has 0 atom stereocenters. The van der Waals surface area contributed by atoms with Gasteiger partial charge in [0.05, 0.1) is 0 Å². The van der Waals surface area contributed by atoms with Crippen molar-refractivity contribution >= 4 is 0 Å². The van der Waals surface area contributed by atoms with Crippen LogP contribution in [-0.2, 0) is 6.42 Å². The maximum Gasteiger partial charge on any atom is 0.194 e. The van der Waals surface area contributed by atoms with Gasteiger partial charge in [-0.25, -0.2) is 13.2 Å². The Morgan fingerprint density at radius 1 is 0.905 bits per heavy atom. The first kappa shape index (κ1) is 16.4. The molecule has 1 aliphatic rings. The zero-order valence-corrected chi connectivity index (χ0v) is 12.8. The molecule has 0 nitrogen and oxygen atoms in total. The lowest BCUT2D eigenvalue weighted by atomic mass is 9.78. The minimum atomic E-state index is -1.34. The highest BCUT2D eigenvalue weighted by atomic mass is 19.2. The van der Waals surface area contributed by atoms with Crippen LogP contribution in [0.1, 0.15) is 63.9 Å². The molecule has 1 fully saturated rings. The molecule has 0 radical (unpaired) electrons. The Balaban J connectivity index is 1.79. The normalized spacial score (nSPS) is 22.5. The van der Waals surface area contributed by atoms with Crippen molar-refractivity contribution in [2.45, 2.75) is 64.7 Å². The van der Waals surface area contributed by atoms with Gasteiger partial charge >= 0.3 is 0 Å². The summed E-state index contributed by atoms with van der Waals surface area (Å²) in [5, 5.41) is 0. The van der Waals surface area contributed by atoms with Crippen LogP contribution < -0.4 is 0 Å². The van der Waals surface area contributed by atoms with Gasteiger partial charge in [-0.2, -0.15) is 0 Å². The molecular formula is C18H25F3. The van der Waals surface area contributed by atoms with Crippen LogP contribution in [0.3, 0.4) is 0 Å². The molecule has 0 unspecified atom stereocenters. The molecule has 1 aromatic rings. The van der Waals surface area contributed by atoms with E-state index in [9.17, 15) is 13.2 Å². The van der Waals surface area contributed by atoms with Crippen molar-refractivity contribution in [3.63, 3.8) is 0 Å². The van der Waals surface area contributed by atoms with E-state index in [1.54, 1.807) is 0 Å². The molecule has 0 bridgehead atoms. The maximum absolute atomic E-state index is 13.6. The molecule has 21 heavy (non-hydrogen) atoms. The third kappa shape index (κ3) is 4.49. The van der Waals surface area contributed by atoms with Crippen molar-refractivity contribution < 1.29 is 13.2 Å². The summed E-state index contributed by atoms with van der Waals surface area (Å²) in [5.41, 5.74) is 0.307. The minimum absolute atomic E-state index is 0.307. The second kappa shape index (κ2) is 7.86. The van der Waals surface area contributed by atoms with E-state index in [0.29, 0.717) is 17.9 Å². The lowest BCUT2D eigenvalue weighted by Gasteiger charge is -2.28. The lowest BCUT2D eigenvalue weighted by molar-refractivity contribution is 0.249. The van der Waals surface area contributed by atoms with Crippen molar-refractivity contribution in [3.05, 3.63) is 35.1 Å². The van der Waals surface area contributed by atoms with E-state index in [2.05, 4.69) is 6.92 Å². The van der Waals surface area contributed by atoms with Crippen LogP contribution in [0.25, 0.3) is 0 Å². The molecule has 1 aromatic carbocycles. The molecule has 0 aliphatic heterocycles. The zero-order valence-electron chi connectivity index (χ0n) is 12.8. The highest BCUT2D eigenvalue weighted by Crippen LogP contribution is 2.34. The molecule has 0 aromatic heterocycles. The molecule has 0 amide bonds. The topological polar surface area (TPSA) is 0 Å². The number of unbranched alkanes of at least 4 members (excludes halogenated alkanes) is 1. The standard InChI is InChI=1S/C18H25F3/c1-2-3-4-13-5-7-14(8-6-13)9-10-15-11-12-16(19)18(21)17(15)20/h11-14H,2-10H2,1H3/t13-,14-. The number of benzene rings is 1. The highest BCUT2D eigenvalue weighted by molar-refractivity contribution is 5.20. The zero-order chi connectivity index (χ0) is 15.2. The smallest absolute Gasteiger partial charge is 0.194 e. The molecule has 0 saturated heterocycles. The molecule has 118 valence electrons. The fourth-order valence-corrected chi connectivity index (χ4v) is 3.42. The fourth-order valence-electron chi connectivity index (χ4n) is 3.42. The van der Waals surface area contributed by atoms with Crippen LogP contribution in [0, 0.1) is 29.3 Å². The maximum atomic E-state index is 13.6. The van der Waals surface area contributed by atoms with Gasteiger partial charge < -0.3 is 0 Å². The first-order chi connectivity index (χ1) is 10.1. The summed E-state index contributed by atoms with van der Waals surface area (Å²) in [6.07, 6.45) is 10.2. The van der Waals surface area contributed by atoms with Crippen LogP contribution in [-0.4, -0.2) is 0 Å². The number of hydrogen-bond acceptors (Lipinski definition) is 0. The molecule has 0 spiro atoms. The van der Waals surface area contributed by atoms with Crippen molar-refractivity contribution in [3.8, 4) is 0 Å². The molecular weight excluding hydrogens is 273 g/mol. The fraction of sp³-hybridized carbons (Fsp3) is 0.667. The Kier molecular flexibility index (Phi) is 6.13. The molecule has 2 rings (SSSR count). The van der Waals surface area contributed by atoms with Crippen molar-refractivity contribution in [1.82, 2.24) is 0 Å². The van der Waals surface area contributed by atoms with Crippen LogP contribution in [0.5, 0.6) is 0 Å². The minimum Gasteiger partial charge on any atom is -0.204 e. The van der Waals surface area contributed by atoms with Crippen LogP contribution in [0.4, 0.5) is 13.2 Å². The summed E-state index contributed by atoms with van der Waals surface area (Å²) in [4.78, 5) is 0. The van der Waals surface area contributed by atoms with E-state index in [0.717, 1.165) is 18.4 Å². The Morgan fingerprint density at radius 2 is 1.52 bits per heavy atom. The lowest BCUT2D eigenvalue weighted by Crippen LogP contribution is -2.15. The molecule has 1 saturated carbocycles. The predicted octanol–water partition coefficient (Wildman–Crippen LogP) is 6.03. The summed E-state index contributed by atoms with van der Waals surface area (Å²) < 4.78 is 39.7. The molecule has 3 heteroatoms. The largest absolute Gasteiger partial charge is 0.204 e. The van der Waals surface area contributed by atoms with Gasteiger partial charge in [-0.1, -0.05) is 57.9 Å². The van der Waals surface area contributed by atoms with Crippen LogP contribution in [0.15, 0.2) is 12.1 Å². The van der Waals surface area contributed by atoms with E-state index < -0.39 is 17.5 Å². The van der Waals surface area contributed by atoms with Crippen molar-refractivity contribution in [2.24, 2.45) is 11.8 Å². The molecule has 1 aliphatic carbocycles. The summed E-state index contributed by atoms with van der Waals surface area (Å²) in [5.74, 6) is -1.98. The monoisotopic (exact) mass is 298 g/mol. The van der Waals surface area contributed by atoms with Crippen molar-refractivity contribution in [1.29, 1.82) is 0 Å². The average Bonchev–Trinajstić information content (AvgIpc) is 2.51. The molecule has 0 heterocycles. The third-order valence-electron chi connectivity index (χ3n) is 4.87. The summed E-state index contributed by atoms with van der Waals surface area (Å²) in [6.45, 7) is 2.22. The first-order valence-electron chi connectivity index (χ1n) is 8.24. The number of aryl methyl sites for hydroxylation is 1. The Bertz CT molecular complexity index is 448. The van der Waals surface area contributed by atoms with Gasteiger partial charge in [0.2, 0.25) is 0 Å². The highest BCUT2D eigenvalue weighted by Gasteiger charge is 2.21. The summed E-state index contributed by atoms with van der Waals surface area (Å²) in [7, 11) is 0.